The molecule has 1 aliphatic carbocycles. The molecule has 1 saturated carbocycles. The molecule has 2 atom stereocenters. The van der Waals surface area contributed by atoms with Crippen molar-refractivity contribution in [2.75, 3.05) is 18.0 Å². The van der Waals surface area contributed by atoms with E-state index in [0.717, 1.165) is 13.1 Å². The summed E-state index contributed by atoms with van der Waals surface area (Å²) < 4.78 is 20.5. The van der Waals surface area contributed by atoms with E-state index >= 15 is 0 Å². The lowest BCUT2D eigenvalue weighted by molar-refractivity contribution is 0.0691. The number of aromatic nitrogens is 2. The van der Waals surface area contributed by atoms with Crippen LogP contribution >= 0.6 is 11.6 Å². The van der Waals surface area contributed by atoms with Crippen LogP contribution in [0.25, 0.3) is 10.9 Å². The maximum atomic E-state index is 14.7. The van der Waals surface area contributed by atoms with Crippen LogP contribution in [0.1, 0.15) is 43.6 Å². The number of halogens is 2. The molecule has 2 fully saturated rings. The first-order valence-corrected chi connectivity index (χ1v) is 9.56. The smallest absolute Gasteiger partial charge is 0.354 e. The number of nitrogens with zero attached hydrogens (tertiary/aromatic N) is 3. The first kappa shape index (κ1) is 18.2. The molecule has 0 aromatic carbocycles. The summed E-state index contributed by atoms with van der Waals surface area (Å²) in [5, 5.41) is 9.48. The number of anilines is 1. The minimum atomic E-state index is -1.21. The molecule has 0 amide bonds. The SMILES string of the molecule is CC(C)Oc1nc(Cl)c(F)c2nc(C(=O)O)cc(N3CC4CCC(C4)C3)c12. The summed E-state index contributed by atoms with van der Waals surface area (Å²) in [6.45, 7) is 5.29. The third kappa shape index (κ3) is 3.29. The van der Waals surface area contributed by atoms with Crippen LogP contribution in [0.5, 0.6) is 5.88 Å². The number of fused-ring (bicyclic) bond motifs is 3. The summed E-state index contributed by atoms with van der Waals surface area (Å²) in [4.78, 5) is 21.8. The second-order valence-corrected chi connectivity index (χ2v) is 8.05. The minimum absolute atomic E-state index is 0.113. The molecule has 2 bridgehead atoms. The van der Waals surface area contributed by atoms with Crippen molar-refractivity contribution in [1.82, 2.24) is 9.97 Å². The number of carbonyl (C=O) groups is 1. The minimum Gasteiger partial charge on any atom is -0.477 e. The fourth-order valence-electron chi connectivity index (χ4n) is 4.27. The Morgan fingerprint density at radius 2 is 2.00 bits per heavy atom. The van der Waals surface area contributed by atoms with Gasteiger partial charge in [0.25, 0.3) is 0 Å². The Morgan fingerprint density at radius 3 is 2.59 bits per heavy atom. The third-order valence-electron chi connectivity index (χ3n) is 5.32. The summed E-state index contributed by atoms with van der Waals surface area (Å²) >= 11 is 5.94. The first-order chi connectivity index (χ1) is 12.8. The molecule has 0 radical (unpaired) electrons. The van der Waals surface area contributed by atoms with E-state index in [9.17, 15) is 14.3 Å². The molecular weight excluding hydrogens is 373 g/mol. The summed E-state index contributed by atoms with van der Waals surface area (Å²) in [7, 11) is 0. The van der Waals surface area contributed by atoms with Gasteiger partial charge in [-0.05, 0) is 51.0 Å². The van der Waals surface area contributed by atoms with Crippen LogP contribution in [0.4, 0.5) is 10.1 Å². The topological polar surface area (TPSA) is 75.5 Å². The number of rotatable bonds is 4. The number of hydrogen-bond acceptors (Lipinski definition) is 5. The number of pyridine rings is 2. The zero-order valence-corrected chi connectivity index (χ0v) is 16.0. The van der Waals surface area contributed by atoms with Crippen LogP contribution in [0.15, 0.2) is 6.07 Å². The second kappa shape index (κ2) is 6.78. The predicted octanol–water partition coefficient (Wildman–Crippen LogP) is 4.14. The predicted molar refractivity (Wildman–Crippen MR) is 100 cm³/mol. The Hall–Kier alpha value is -2.15. The molecule has 27 heavy (non-hydrogen) atoms. The highest BCUT2D eigenvalue weighted by molar-refractivity contribution is 6.30. The number of carboxylic acid groups (broad SMARTS) is 1. The van der Waals surface area contributed by atoms with Gasteiger partial charge < -0.3 is 14.7 Å². The molecular formula is C19H21ClFN3O3. The highest BCUT2D eigenvalue weighted by Gasteiger charge is 2.35. The molecule has 2 unspecified atom stereocenters. The van der Waals surface area contributed by atoms with Crippen molar-refractivity contribution in [1.29, 1.82) is 0 Å². The molecule has 1 N–H and O–H groups in total. The van der Waals surface area contributed by atoms with Gasteiger partial charge in [0.2, 0.25) is 5.88 Å². The average molecular weight is 394 g/mol. The van der Waals surface area contributed by atoms with Gasteiger partial charge in [0.15, 0.2) is 16.7 Å². The van der Waals surface area contributed by atoms with Crippen molar-refractivity contribution in [3.63, 3.8) is 0 Å². The van der Waals surface area contributed by atoms with Gasteiger partial charge in [0, 0.05) is 13.1 Å². The van der Waals surface area contributed by atoms with E-state index in [2.05, 4.69) is 14.9 Å². The number of carboxylic acids is 1. The van der Waals surface area contributed by atoms with Gasteiger partial charge >= 0.3 is 5.97 Å². The highest BCUT2D eigenvalue weighted by atomic mass is 35.5. The normalized spacial score (nSPS) is 21.9. The van der Waals surface area contributed by atoms with E-state index in [0.29, 0.717) is 22.9 Å². The molecule has 4 rings (SSSR count). The van der Waals surface area contributed by atoms with E-state index < -0.39 is 11.8 Å². The van der Waals surface area contributed by atoms with Gasteiger partial charge in [-0.1, -0.05) is 11.6 Å². The molecule has 2 aliphatic rings. The maximum Gasteiger partial charge on any atom is 0.354 e. The number of hydrogen-bond donors (Lipinski definition) is 1. The van der Waals surface area contributed by atoms with Gasteiger partial charge in [-0.2, -0.15) is 4.98 Å². The molecule has 2 aromatic rings. The quantitative estimate of drug-likeness (QED) is 0.786. The zero-order chi connectivity index (χ0) is 19.3. The van der Waals surface area contributed by atoms with Crippen LogP contribution in [-0.2, 0) is 0 Å². The Kier molecular flexibility index (Phi) is 4.58. The largest absolute Gasteiger partial charge is 0.477 e. The van der Waals surface area contributed by atoms with Gasteiger partial charge in [0.1, 0.15) is 5.52 Å². The van der Waals surface area contributed by atoms with E-state index in [1.807, 2.05) is 13.8 Å². The number of aromatic carboxylic acids is 1. The number of piperidine rings is 1. The van der Waals surface area contributed by atoms with Gasteiger partial charge in [-0.15, -0.1) is 0 Å². The van der Waals surface area contributed by atoms with Crippen molar-refractivity contribution in [2.45, 2.75) is 39.2 Å². The fraction of sp³-hybridized carbons (Fsp3) is 0.526. The Morgan fingerprint density at radius 1 is 1.33 bits per heavy atom. The molecule has 3 heterocycles. The summed E-state index contributed by atoms with van der Waals surface area (Å²) in [5.41, 5.74) is 0.276. The van der Waals surface area contributed by atoms with E-state index in [1.54, 1.807) is 0 Å². The molecule has 2 aromatic heterocycles. The monoisotopic (exact) mass is 393 g/mol. The second-order valence-electron chi connectivity index (χ2n) is 7.69. The lowest BCUT2D eigenvalue weighted by atomic mass is 9.97. The van der Waals surface area contributed by atoms with E-state index in [4.69, 9.17) is 16.3 Å². The molecule has 8 heteroatoms. The summed E-state index contributed by atoms with van der Waals surface area (Å²) in [5.74, 6) is -0.715. The van der Waals surface area contributed by atoms with Crippen LogP contribution in [-0.4, -0.2) is 40.2 Å². The lowest BCUT2D eigenvalue weighted by Gasteiger charge is -2.34. The first-order valence-electron chi connectivity index (χ1n) is 9.18. The molecule has 6 nitrogen and oxygen atoms in total. The Labute approximate surface area is 161 Å². The van der Waals surface area contributed by atoms with Crippen LogP contribution in [0, 0.1) is 17.7 Å². The Balaban J connectivity index is 1.96. The van der Waals surface area contributed by atoms with E-state index in [-0.39, 0.29) is 28.3 Å². The molecule has 1 aliphatic heterocycles. The molecule has 1 saturated heterocycles. The van der Waals surface area contributed by atoms with Crippen molar-refractivity contribution in [3.8, 4) is 5.88 Å². The van der Waals surface area contributed by atoms with Crippen LogP contribution in [0.2, 0.25) is 5.15 Å². The van der Waals surface area contributed by atoms with Crippen LogP contribution in [0.3, 0.4) is 0 Å². The van der Waals surface area contributed by atoms with Crippen molar-refractivity contribution < 1.29 is 19.0 Å². The van der Waals surface area contributed by atoms with Crippen molar-refractivity contribution in [3.05, 3.63) is 22.7 Å². The number of ether oxygens (including phenoxy) is 1. The van der Waals surface area contributed by atoms with Crippen molar-refractivity contribution in [2.24, 2.45) is 11.8 Å². The fourth-order valence-corrected chi connectivity index (χ4v) is 4.43. The third-order valence-corrected chi connectivity index (χ3v) is 5.57. The molecule has 144 valence electrons. The zero-order valence-electron chi connectivity index (χ0n) is 15.2. The lowest BCUT2D eigenvalue weighted by Crippen LogP contribution is -2.36. The summed E-state index contributed by atoms with van der Waals surface area (Å²) in [6, 6.07) is 1.50. The van der Waals surface area contributed by atoms with Crippen molar-refractivity contribution >= 4 is 34.2 Å². The van der Waals surface area contributed by atoms with Gasteiger partial charge in [-0.25, -0.2) is 14.2 Å². The highest BCUT2D eigenvalue weighted by Crippen LogP contribution is 2.42. The summed E-state index contributed by atoms with van der Waals surface area (Å²) in [6.07, 6.45) is 3.33. The van der Waals surface area contributed by atoms with Gasteiger partial charge in [0.05, 0.1) is 17.2 Å². The standard InChI is InChI=1S/C19H21ClFN3O3/c1-9(2)27-18-14-13(24-7-10-3-4-11(5-10)8-24)6-12(19(25)26)22-16(14)15(21)17(20)23-18/h6,9-11H,3-5,7-8H2,1-2H3,(H,25,26). The molecule has 0 spiro atoms. The van der Waals surface area contributed by atoms with E-state index in [1.165, 1.54) is 25.3 Å². The van der Waals surface area contributed by atoms with Crippen LogP contribution < -0.4 is 9.64 Å². The Bertz CT molecular complexity index is 909. The average Bonchev–Trinajstić information content (AvgIpc) is 2.95. The van der Waals surface area contributed by atoms with Gasteiger partial charge in [-0.3, -0.25) is 0 Å². The maximum absolute atomic E-state index is 14.7.